The number of aromatic carboxylic acids is 1. The molecule has 0 bridgehead atoms. The van der Waals surface area contributed by atoms with E-state index in [-0.39, 0.29) is 5.56 Å². The van der Waals surface area contributed by atoms with Gasteiger partial charge in [-0.05, 0) is 36.8 Å². The second-order valence-electron chi connectivity index (χ2n) is 7.55. The SMILES string of the molecule is CC.CCC.CCc1cc2c(cc1OCC1CC1)OCCn1cc(C(=O)O)c(=O)cc1-2. The zero-order valence-corrected chi connectivity index (χ0v) is 19.4. The van der Waals surface area contributed by atoms with Crippen molar-refractivity contribution in [3.05, 3.63) is 45.7 Å². The number of fused-ring (bicyclic) bond motifs is 3. The number of aryl methyl sites for hydroxylation is 1. The summed E-state index contributed by atoms with van der Waals surface area (Å²) < 4.78 is 13.7. The number of hydrogen-bond acceptors (Lipinski definition) is 4. The average molecular weight is 430 g/mol. The van der Waals surface area contributed by atoms with Gasteiger partial charge in [0.15, 0.2) is 5.43 Å². The zero-order valence-electron chi connectivity index (χ0n) is 19.4. The molecule has 0 unspecified atom stereocenters. The predicted octanol–water partition coefficient (Wildman–Crippen LogP) is 5.40. The lowest BCUT2D eigenvalue weighted by molar-refractivity contribution is 0.0694. The molecular formula is C25H35NO5. The molecule has 1 fully saturated rings. The minimum Gasteiger partial charge on any atom is -0.493 e. The fourth-order valence-corrected chi connectivity index (χ4v) is 3.23. The predicted molar refractivity (Wildman–Crippen MR) is 124 cm³/mol. The molecular weight excluding hydrogens is 394 g/mol. The normalized spacial score (nSPS) is 13.7. The highest BCUT2D eigenvalue weighted by Gasteiger charge is 2.24. The fraction of sp³-hybridized carbons (Fsp3) is 0.520. The minimum absolute atomic E-state index is 0.225. The lowest BCUT2D eigenvalue weighted by Crippen LogP contribution is -2.19. The van der Waals surface area contributed by atoms with Gasteiger partial charge in [0.1, 0.15) is 23.7 Å². The molecule has 6 nitrogen and oxygen atoms in total. The Bertz CT molecular complexity index is 944. The molecule has 0 saturated heterocycles. The van der Waals surface area contributed by atoms with E-state index in [2.05, 4.69) is 20.8 Å². The van der Waals surface area contributed by atoms with E-state index in [1.807, 2.05) is 26.0 Å². The molecule has 0 spiro atoms. The van der Waals surface area contributed by atoms with E-state index in [4.69, 9.17) is 9.47 Å². The van der Waals surface area contributed by atoms with Gasteiger partial charge in [-0.15, -0.1) is 0 Å². The molecule has 31 heavy (non-hydrogen) atoms. The van der Waals surface area contributed by atoms with E-state index in [1.54, 1.807) is 4.57 Å². The minimum atomic E-state index is -1.21. The smallest absolute Gasteiger partial charge is 0.341 e. The van der Waals surface area contributed by atoms with Gasteiger partial charge in [-0.3, -0.25) is 4.79 Å². The number of hydrogen-bond donors (Lipinski definition) is 1. The highest BCUT2D eigenvalue weighted by Crippen LogP contribution is 2.39. The van der Waals surface area contributed by atoms with Crippen molar-refractivity contribution in [3.8, 4) is 22.8 Å². The first-order valence-electron chi connectivity index (χ1n) is 11.4. The Labute approximate surface area is 184 Å². The summed E-state index contributed by atoms with van der Waals surface area (Å²) in [6.45, 7) is 11.9. The molecule has 2 heterocycles. The highest BCUT2D eigenvalue weighted by atomic mass is 16.5. The third-order valence-corrected chi connectivity index (χ3v) is 4.94. The van der Waals surface area contributed by atoms with Gasteiger partial charge in [0.25, 0.3) is 0 Å². The van der Waals surface area contributed by atoms with Crippen molar-refractivity contribution < 1.29 is 19.4 Å². The molecule has 2 aliphatic rings. The maximum atomic E-state index is 12.2. The zero-order chi connectivity index (χ0) is 23.0. The van der Waals surface area contributed by atoms with Gasteiger partial charge in [-0.2, -0.15) is 0 Å². The van der Waals surface area contributed by atoms with E-state index < -0.39 is 11.4 Å². The summed E-state index contributed by atoms with van der Waals surface area (Å²) in [4.78, 5) is 23.5. The molecule has 1 aliphatic heterocycles. The Morgan fingerprint density at radius 1 is 1.19 bits per heavy atom. The number of rotatable bonds is 5. The topological polar surface area (TPSA) is 77.8 Å². The summed E-state index contributed by atoms with van der Waals surface area (Å²) in [5.74, 6) is 0.944. The van der Waals surface area contributed by atoms with E-state index in [9.17, 15) is 14.7 Å². The lowest BCUT2D eigenvalue weighted by atomic mass is 10.0. The van der Waals surface area contributed by atoms with Crippen LogP contribution in [-0.2, 0) is 13.0 Å². The largest absolute Gasteiger partial charge is 0.493 e. The summed E-state index contributed by atoms with van der Waals surface area (Å²) in [5, 5.41) is 9.20. The number of benzene rings is 1. The van der Waals surface area contributed by atoms with Gasteiger partial charge in [-0.1, -0.05) is 41.0 Å². The van der Waals surface area contributed by atoms with Crippen molar-refractivity contribution >= 4 is 5.97 Å². The first-order chi connectivity index (χ1) is 15.0. The van der Waals surface area contributed by atoms with Crippen molar-refractivity contribution in [2.75, 3.05) is 13.2 Å². The quantitative estimate of drug-likeness (QED) is 0.688. The Morgan fingerprint density at radius 3 is 2.45 bits per heavy atom. The Balaban J connectivity index is 0.000000630. The van der Waals surface area contributed by atoms with Gasteiger partial charge < -0.3 is 19.1 Å². The molecule has 1 aromatic heterocycles. The van der Waals surface area contributed by atoms with Crippen LogP contribution < -0.4 is 14.9 Å². The maximum absolute atomic E-state index is 12.2. The molecule has 2 aromatic rings. The molecule has 0 amide bonds. The fourth-order valence-electron chi connectivity index (χ4n) is 3.23. The Kier molecular flexibility index (Phi) is 9.16. The third kappa shape index (κ3) is 6.12. The summed E-state index contributed by atoms with van der Waals surface area (Å²) in [7, 11) is 0. The summed E-state index contributed by atoms with van der Waals surface area (Å²) in [6.07, 6.45) is 5.91. The molecule has 1 N–H and O–H groups in total. The van der Waals surface area contributed by atoms with Crippen LogP contribution in [0, 0.1) is 5.92 Å². The van der Waals surface area contributed by atoms with Crippen LogP contribution in [-0.4, -0.2) is 28.9 Å². The highest BCUT2D eigenvalue weighted by molar-refractivity contribution is 5.87. The van der Waals surface area contributed by atoms with E-state index >= 15 is 0 Å². The van der Waals surface area contributed by atoms with Crippen LogP contribution in [0.25, 0.3) is 11.3 Å². The molecule has 1 aromatic carbocycles. The van der Waals surface area contributed by atoms with Crippen molar-refractivity contribution in [2.24, 2.45) is 5.92 Å². The van der Waals surface area contributed by atoms with Crippen molar-refractivity contribution in [1.29, 1.82) is 0 Å². The number of carbonyl (C=O) groups is 1. The van der Waals surface area contributed by atoms with E-state index in [1.165, 1.54) is 31.5 Å². The summed E-state index contributed by atoms with van der Waals surface area (Å²) in [5.41, 5.74) is 1.81. The lowest BCUT2D eigenvalue weighted by Gasteiger charge is -2.16. The van der Waals surface area contributed by atoms with Crippen molar-refractivity contribution in [2.45, 2.75) is 66.8 Å². The van der Waals surface area contributed by atoms with Crippen LogP contribution in [0.15, 0.2) is 29.2 Å². The van der Waals surface area contributed by atoms with Gasteiger partial charge in [0.05, 0.1) is 18.8 Å². The van der Waals surface area contributed by atoms with Crippen LogP contribution in [0.1, 0.15) is 69.8 Å². The first-order valence-corrected chi connectivity index (χ1v) is 11.4. The third-order valence-electron chi connectivity index (χ3n) is 4.94. The van der Waals surface area contributed by atoms with Crippen LogP contribution >= 0.6 is 0 Å². The van der Waals surface area contributed by atoms with Gasteiger partial charge in [0.2, 0.25) is 0 Å². The van der Waals surface area contributed by atoms with Gasteiger partial charge in [-0.25, -0.2) is 4.79 Å². The van der Waals surface area contributed by atoms with Crippen LogP contribution in [0.3, 0.4) is 0 Å². The number of ether oxygens (including phenoxy) is 2. The Morgan fingerprint density at radius 2 is 1.87 bits per heavy atom. The monoisotopic (exact) mass is 429 g/mol. The number of carboxylic acid groups (broad SMARTS) is 1. The Hall–Kier alpha value is -2.76. The summed E-state index contributed by atoms with van der Waals surface area (Å²) >= 11 is 0. The van der Waals surface area contributed by atoms with E-state index in [0.29, 0.717) is 30.5 Å². The van der Waals surface area contributed by atoms with Crippen LogP contribution in [0.5, 0.6) is 11.5 Å². The number of aromatic nitrogens is 1. The van der Waals surface area contributed by atoms with Gasteiger partial charge >= 0.3 is 5.97 Å². The molecule has 170 valence electrons. The van der Waals surface area contributed by atoms with Crippen LogP contribution in [0.4, 0.5) is 0 Å². The standard InChI is InChI=1S/C20H21NO5.C3H8.C2H6/c1-2-13-7-14-16-8-17(22)15(20(23)24)10-21(16)5-6-25-19(14)9-18(13)26-11-12-3-4-12;1-3-2;1-2/h7-10,12H,2-6,11H2,1H3,(H,23,24);3H2,1-2H3;1-2H3. The second-order valence-corrected chi connectivity index (χ2v) is 7.55. The second kappa shape index (κ2) is 11.6. The average Bonchev–Trinajstić information content (AvgIpc) is 3.60. The molecule has 0 radical (unpaired) electrons. The number of carboxylic acids is 1. The van der Waals surface area contributed by atoms with Crippen molar-refractivity contribution in [3.63, 3.8) is 0 Å². The van der Waals surface area contributed by atoms with Gasteiger partial charge in [0, 0.05) is 23.9 Å². The molecule has 1 aliphatic carbocycles. The first kappa shape index (κ1) is 24.5. The summed E-state index contributed by atoms with van der Waals surface area (Å²) in [6, 6.07) is 5.29. The molecule has 1 saturated carbocycles. The van der Waals surface area contributed by atoms with Crippen LogP contribution in [0.2, 0.25) is 0 Å². The molecule has 0 atom stereocenters. The number of pyridine rings is 1. The van der Waals surface area contributed by atoms with E-state index in [0.717, 1.165) is 29.9 Å². The molecule has 4 rings (SSSR count). The maximum Gasteiger partial charge on any atom is 0.341 e. The van der Waals surface area contributed by atoms with Crippen molar-refractivity contribution in [1.82, 2.24) is 4.57 Å². The molecule has 6 heteroatoms. The number of nitrogens with zero attached hydrogens (tertiary/aromatic N) is 1.